The van der Waals surface area contributed by atoms with Crippen molar-refractivity contribution in [2.24, 2.45) is 5.92 Å². The van der Waals surface area contributed by atoms with Crippen LogP contribution in [-0.4, -0.2) is 32.7 Å². The summed E-state index contributed by atoms with van der Waals surface area (Å²) in [5.41, 5.74) is 0. The molecule has 2 N–H and O–H groups in total. The predicted molar refractivity (Wildman–Crippen MR) is 78.1 cm³/mol. The molecule has 1 aromatic rings. The zero-order chi connectivity index (χ0) is 14.3. The van der Waals surface area contributed by atoms with Crippen LogP contribution in [0.4, 0.5) is 0 Å². The number of halogens is 2. The van der Waals surface area contributed by atoms with Crippen LogP contribution in [0.3, 0.4) is 0 Å². The Morgan fingerprint density at radius 2 is 2.16 bits per heavy atom. The van der Waals surface area contributed by atoms with E-state index < -0.39 is 0 Å². The van der Waals surface area contributed by atoms with Crippen LogP contribution in [0.5, 0.6) is 5.75 Å². The van der Waals surface area contributed by atoms with E-state index in [-0.39, 0.29) is 11.8 Å². The maximum Gasteiger partial charge on any atom is 0.224 e. The first-order valence-corrected chi connectivity index (χ1v) is 6.81. The van der Waals surface area contributed by atoms with E-state index in [1.165, 1.54) is 0 Å². The molecule has 4 nitrogen and oxygen atoms in total. The first kappa shape index (κ1) is 16.1. The van der Waals surface area contributed by atoms with Gasteiger partial charge in [-0.25, -0.2) is 0 Å². The highest BCUT2D eigenvalue weighted by atomic mass is 35.5. The first-order valence-electron chi connectivity index (χ1n) is 6.05. The Labute approximate surface area is 123 Å². The molecule has 1 atom stereocenters. The normalized spacial score (nSPS) is 12.0. The van der Waals surface area contributed by atoms with Crippen LogP contribution < -0.4 is 15.4 Å². The van der Waals surface area contributed by atoms with Gasteiger partial charge in [-0.05, 0) is 19.2 Å². The molecular formula is C13H18Cl2N2O2. The van der Waals surface area contributed by atoms with E-state index in [4.69, 9.17) is 27.9 Å². The molecule has 106 valence electrons. The van der Waals surface area contributed by atoms with E-state index in [0.717, 1.165) is 0 Å². The number of carbonyl (C=O) groups is 1. The summed E-state index contributed by atoms with van der Waals surface area (Å²) < 4.78 is 5.46. The lowest BCUT2D eigenvalue weighted by Gasteiger charge is -2.12. The third-order valence-corrected chi connectivity index (χ3v) is 3.33. The summed E-state index contributed by atoms with van der Waals surface area (Å²) in [5.74, 6) is 0.446. The minimum Gasteiger partial charge on any atom is -0.490 e. The molecule has 0 heterocycles. The van der Waals surface area contributed by atoms with Gasteiger partial charge in [-0.3, -0.25) is 4.79 Å². The summed E-state index contributed by atoms with van der Waals surface area (Å²) in [6, 6.07) is 5.19. The molecule has 0 aliphatic carbocycles. The molecule has 0 unspecified atom stereocenters. The second kappa shape index (κ2) is 8.25. The third kappa shape index (κ3) is 5.27. The van der Waals surface area contributed by atoms with Crippen molar-refractivity contribution in [1.82, 2.24) is 10.6 Å². The van der Waals surface area contributed by atoms with Gasteiger partial charge in [-0.1, -0.05) is 36.2 Å². The van der Waals surface area contributed by atoms with Gasteiger partial charge in [0, 0.05) is 12.5 Å². The molecule has 1 amide bonds. The van der Waals surface area contributed by atoms with E-state index in [9.17, 15) is 4.79 Å². The number of hydrogen-bond acceptors (Lipinski definition) is 3. The summed E-state index contributed by atoms with van der Waals surface area (Å²) >= 11 is 11.8. The zero-order valence-corrected chi connectivity index (χ0v) is 12.5. The van der Waals surface area contributed by atoms with Crippen LogP contribution in [0.15, 0.2) is 18.2 Å². The first-order chi connectivity index (χ1) is 9.06. The number of benzene rings is 1. The fourth-order valence-corrected chi connectivity index (χ4v) is 1.85. The zero-order valence-electron chi connectivity index (χ0n) is 11.0. The molecule has 0 saturated carbocycles. The maximum atomic E-state index is 11.6. The van der Waals surface area contributed by atoms with Gasteiger partial charge in [0.1, 0.15) is 17.4 Å². The highest BCUT2D eigenvalue weighted by molar-refractivity contribution is 6.42. The molecule has 0 aromatic heterocycles. The highest BCUT2D eigenvalue weighted by Crippen LogP contribution is 2.31. The third-order valence-electron chi connectivity index (χ3n) is 2.53. The number of ether oxygens (including phenoxy) is 1. The average molecular weight is 305 g/mol. The van der Waals surface area contributed by atoms with E-state index >= 15 is 0 Å². The topological polar surface area (TPSA) is 50.4 Å². The second-order valence-corrected chi connectivity index (χ2v) is 4.94. The lowest BCUT2D eigenvalue weighted by Crippen LogP contribution is -2.36. The van der Waals surface area contributed by atoms with Crippen molar-refractivity contribution in [3.8, 4) is 5.75 Å². The molecule has 0 radical (unpaired) electrons. The molecule has 0 saturated heterocycles. The molecule has 19 heavy (non-hydrogen) atoms. The average Bonchev–Trinajstić information content (AvgIpc) is 2.39. The van der Waals surface area contributed by atoms with Crippen molar-refractivity contribution in [1.29, 1.82) is 0 Å². The standard InChI is InChI=1S/C13H18Cl2N2O2/c1-9(8-16-2)13(18)17-6-7-19-11-5-3-4-10(14)12(11)15/h3-5,9,16H,6-8H2,1-2H3,(H,17,18)/t9-/m1/s1. The smallest absolute Gasteiger partial charge is 0.224 e. The monoisotopic (exact) mass is 304 g/mol. The summed E-state index contributed by atoms with van der Waals surface area (Å²) in [5, 5.41) is 6.58. The molecule has 0 aliphatic rings. The Morgan fingerprint density at radius 1 is 1.42 bits per heavy atom. The van der Waals surface area contributed by atoms with Crippen molar-refractivity contribution < 1.29 is 9.53 Å². The minimum atomic E-state index is -0.0697. The number of hydrogen-bond donors (Lipinski definition) is 2. The SMILES string of the molecule is CNC[C@@H](C)C(=O)NCCOc1cccc(Cl)c1Cl. The fourth-order valence-electron chi connectivity index (χ4n) is 1.50. The van der Waals surface area contributed by atoms with E-state index in [0.29, 0.717) is 35.5 Å². The van der Waals surface area contributed by atoms with Gasteiger partial charge in [0.05, 0.1) is 11.6 Å². The van der Waals surface area contributed by atoms with Crippen LogP contribution in [-0.2, 0) is 4.79 Å². The Balaban J connectivity index is 2.31. The van der Waals surface area contributed by atoms with Gasteiger partial charge < -0.3 is 15.4 Å². The van der Waals surface area contributed by atoms with Crippen LogP contribution in [0.2, 0.25) is 10.0 Å². The molecule has 0 spiro atoms. The van der Waals surface area contributed by atoms with Crippen molar-refractivity contribution in [2.45, 2.75) is 6.92 Å². The number of carbonyl (C=O) groups excluding carboxylic acids is 1. The molecule has 0 fully saturated rings. The molecule has 1 aromatic carbocycles. The van der Waals surface area contributed by atoms with Gasteiger partial charge in [0.2, 0.25) is 5.91 Å². The van der Waals surface area contributed by atoms with Gasteiger partial charge in [-0.15, -0.1) is 0 Å². The fraction of sp³-hybridized carbons (Fsp3) is 0.462. The summed E-state index contributed by atoms with van der Waals surface area (Å²) in [7, 11) is 1.81. The van der Waals surface area contributed by atoms with Crippen LogP contribution >= 0.6 is 23.2 Å². The molecular weight excluding hydrogens is 287 g/mol. The van der Waals surface area contributed by atoms with Gasteiger partial charge in [-0.2, -0.15) is 0 Å². The summed E-state index contributed by atoms with van der Waals surface area (Å²) in [6.07, 6.45) is 0. The lowest BCUT2D eigenvalue weighted by molar-refractivity contribution is -0.124. The van der Waals surface area contributed by atoms with Gasteiger partial charge in [0.25, 0.3) is 0 Å². The highest BCUT2D eigenvalue weighted by Gasteiger charge is 2.11. The lowest BCUT2D eigenvalue weighted by atomic mass is 10.1. The van der Waals surface area contributed by atoms with Crippen LogP contribution in [0.1, 0.15) is 6.92 Å². The van der Waals surface area contributed by atoms with Gasteiger partial charge in [0.15, 0.2) is 0 Å². The van der Waals surface area contributed by atoms with Crippen molar-refractivity contribution >= 4 is 29.1 Å². The maximum absolute atomic E-state index is 11.6. The quantitative estimate of drug-likeness (QED) is 0.760. The molecule has 1 rings (SSSR count). The Kier molecular flexibility index (Phi) is 6.99. The predicted octanol–water partition coefficient (Wildman–Crippen LogP) is 2.34. The van der Waals surface area contributed by atoms with Crippen LogP contribution in [0, 0.1) is 5.92 Å². The largest absolute Gasteiger partial charge is 0.490 e. The van der Waals surface area contributed by atoms with Gasteiger partial charge >= 0.3 is 0 Å². The van der Waals surface area contributed by atoms with E-state index in [1.54, 1.807) is 18.2 Å². The van der Waals surface area contributed by atoms with Crippen LogP contribution in [0.25, 0.3) is 0 Å². The van der Waals surface area contributed by atoms with Crippen molar-refractivity contribution in [2.75, 3.05) is 26.7 Å². The Hall–Kier alpha value is -0.970. The van der Waals surface area contributed by atoms with E-state index in [2.05, 4.69) is 10.6 Å². The molecule has 0 bridgehead atoms. The van der Waals surface area contributed by atoms with E-state index in [1.807, 2.05) is 14.0 Å². The molecule has 0 aliphatic heterocycles. The summed E-state index contributed by atoms with van der Waals surface area (Å²) in [6.45, 7) is 3.28. The Bertz CT molecular complexity index is 427. The van der Waals surface area contributed by atoms with Crippen molar-refractivity contribution in [3.63, 3.8) is 0 Å². The number of rotatable bonds is 7. The molecule has 6 heteroatoms. The second-order valence-electron chi connectivity index (χ2n) is 4.15. The number of nitrogens with one attached hydrogen (secondary N) is 2. The Morgan fingerprint density at radius 3 is 2.84 bits per heavy atom. The number of amides is 1. The van der Waals surface area contributed by atoms with Crippen molar-refractivity contribution in [3.05, 3.63) is 28.2 Å². The minimum absolute atomic E-state index is 0.00450. The summed E-state index contributed by atoms with van der Waals surface area (Å²) in [4.78, 5) is 11.6.